The molecular formula is C27H24FN5O4S. The van der Waals surface area contributed by atoms with E-state index in [0.717, 1.165) is 15.3 Å². The number of sulfonamides is 1. The van der Waals surface area contributed by atoms with Crippen LogP contribution in [-0.2, 0) is 20.6 Å². The van der Waals surface area contributed by atoms with Crippen molar-refractivity contribution in [3.05, 3.63) is 83.9 Å². The van der Waals surface area contributed by atoms with Gasteiger partial charge in [0.05, 0.1) is 23.9 Å². The average Bonchev–Trinajstić information content (AvgIpc) is 3.57. The molecule has 0 aliphatic carbocycles. The van der Waals surface area contributed by atoms with Crippen LogP contribution < -0.4 is 10.1 Å². The summed E-state index contributed by atoms with van der Waals surface area (Å²) in [4.78, 5) is 19.9. The lowest BCUT2D eigenvalue weighted by Gasteiger charge is -2.22. The van der Waals surface area contributed by atoms with Crippen molar-refractivity contribution in [2.75, 3.05) is 13.6 Å². The van der Waals surface area contributed by atoms with Gasteiger partial charge in [0.1, 0.15) is 17.8 Å². The van der Waals surface area contributed by atoms with Crippen molar-refractivity contribution in [2.45, 2.75) is 24.3 Å². The minimum atomic E-state index is -3.96. The SMILES string of the molecule is CNC(=O)[C@@H]1C[C@@H](Oc2ccc(-c3ccnc4[nH]ccc34)cc2F)CN1S(=O)(=O)Cc1cccc(C#N)c1. The molecule has 5 rings (SSSR count). The quantitative estimate of drug-likeness (QED) is 0.375. The van der Waals surface area contributed by atoms with Crippen LogP contribution in [0.1, 0.15) is 17.5 Å². The van der Waals surface area contributed by atoms with Crippen molar-refractivity contribution in [3.8, 4) is 22.9 Å². The molecule has 1 saturated heterocycles. The van der Waals surface area contributed by atoms with E-state index in [1.54, 1.807) is 42.7 Å². The minimum absolute atomic E-state index is 0.0326. The zero-order valence-electron chi connectivity index (χ0n) is 20.4. The third kappa shape index (κ3) is 4.96. The number of carbonyl (C=O) groups excluding carboxylic acids is 1. The second-order valence-corrected chi connectivity index (χ2v) is 10.9. The number of fused-ring (bicyclic) bond motifs is 1. The first kappa shape index (κ1) is 25.4. The molecule has 1 amide bonds. The molecule has 38 heavy (non-hydrogen) atoms. The normalized spacial score (nSPS) is 17.8. The first-order chi connectivity index (χ1) is 18.3. The number of carbonyl (C=O) groups is 1. The summed E-state index contributed by atoms with van der Waals surface area (Å²) in [5.41, 5.74) is 2.90. The topological polar surface area (TPSA) is 128 Å². The van der Waals surface area contributed by atoms with E-state index in [1.807, 2.05) is 12.1 Å². The van der Waals surface area contributed by atoms with Crippen LogP contribution in [0.2, 0.25) is 0 Å². The van der Waals surface area contributed by atoms with Gasteiger partial charge in [0.15, 0.2) is 11.6 Å². The van der Waals surface area contributed by atoms with Gasteiger partial charge in [-0.05, 0) is 53.1 Å². The van der Waals surface area contributed by atoms with E-state index >= 15 is 4.39 Å². The van der Waals surface area contributed by atoms with Crippen LogP contribution in [0.25, 0.3) is 22.2 Å². The van der Waals surface area contributed by atoms with Crippen molar-refractivity contribution >= 4 is 27.0 Å². The standard InChI is InChI=1S/C27H24FN5O4S/c1-30-27(34)24-13-20(15-33(24)38(35,36)16-18-4-2-3-17(11-18)14-29)37-25-6-5-19(12-23(25)28)21-7-9-31-26-22(21)8-10-32-26/h2-12,20,24H,13,15-16H2,1H3,(H,30,34)(H,31,32)/t20-,24+/m1/s1. The van der Waals surface area contributed by atoms with E-state index < -0.39 is 33.9 Å². The number of aromatic amines is 1. The van der Waals surface area contributed by atoms with Gasteiger partial charge in [-0.1, -0.05) is 18.2 Å². The van der Waals surface area contributed by atoms with Crippen LogP contribution in [0.15, 0.2) is 67.0 Å². The van der Waals surface area contributed by atoms with Gasteiger partial charge in [-0.2, -0.15) is 9.57 Å². The smallest absolute Gasteiger partial charge is 0.238 e. The fourth-order valence-corrected chi connectivity index (χ4v) is 6.48. The molecule has 2 atom stereocenters. The molecule has 1 aliphatic rings. The summed E-state index contributed by atoms with van der Waals surface area (Å²) >= 11 is 0. The van der Waals surface area contributed by atoms with Crippen molar-refractivity contribution in [1.29, 1.82) is 5.26 Å². The predicted molar refractivity (Wildman–Crippen MR) is 139 cm³/mol. The molecule has 194 valence electrons. The summed E-state index contributed by atoms with van der Waals surface area (Å²) in [6, 6.07) is 15.5. The highest BCUT2D eigenvalue weighted by Gasteiger charge is 2.44. The van der Waals surface area contributed by atoms with Crippen LogP contribution >= 0.6 is 0 Å². The predicted octanol–water partition coefficient (Wildman–Crippen LogP) is 3.34. The molecule has 11 heteroatoms. The first-order valence-electron chi connectivity index (χ1n) is 11.9. The third-order valence-electron chi connectivity index (χ3n) is 6.53. The molecule has 1 aliphatic heterocycles. The highest BCUT2D eigenvalue weighted by molar-refractivity contribution is 7.88. The van der Waals surface area contributed by atoms with E-state index in [4.69, 9.17) is 10.00 Å². The molecule has 2 aromatic heterocycles. The van der Waals surface area contributed by atoms with Crippen LogP contribution in [0, 0.1) is 17.1 Å². The van der Waals surface area contributed by atoms with Gasteiger partial charge in [-0.15, -0.1) is 0 Å². The minimum Gasteiger partial charge on any atom is -0.486 e. The Kier molecular flexibility index (Phi) is 6.84. The second kappa shape index (κ2) is 10.2. The number of aromatic nitrogens is 2. The van der Waals surface area contributed by atoms with Crippen molar-refractivity contribution in [2.24, 2.45) is 0 Å². The van der Waals surface area contributed by atoms with E-state index in [0.29, 0.717) is 22.3 Å². The summed E-state index contributed by atoms with van der Waals surface area (Å²) in [6.45, 7) is -0.117. The number of nitrogens with zero attached hydrogens (tertiary/aromatic N) is 3. The van der Waals surface area contributed by atoms with E-state index in [2.05, 4.69) is 15.3 Å². The molecule has 2 aromatic carbocycles. The van der Waals surface area contributed by atoms with Crippen molar-refractivity contribution in [3.63, 3.8) is 0 Å². The summed E-state index contributed by atoms with van der Waals surface area (Å²) < 4.78 is 48.7. The van der Waals surface area contributed by atoms with Crippen molar-refractivity contribution < 1.29 is 22.3 Å². The maximum atomic E-state index is 15.1. The Bertz CT molecular complexity index is 1660. The lowest BCUT2D eigenvalue weighted by Crippen LogP contribution is -2.45. The number of ether oxygens (including phenoxy) is 1. The number of H-pyrrole nitrogens is 1. The molecule has 0 radical (unpaired) electrons. The highest BCUT2D eigenvalue weighted by Crippen LogP contribution is 2.33. The maximum absolute atomic E-state index is 15.1. The number of nitrogens with one attached hydrogen (secondary N) is 2. The lowest BCUT2D eigenvalue weighted by atomic mass is 10.0. The van der Waals surface area contributed by atoms with Crippen LogP contribution in [0.4, 0.5) is 4.39 Å². The van der Waals surface area contributed by atoms with E-state index in [-0.39, 0.29) is 24.5 Å². The number of hydrogen-bond donors (Lipinski definition) is 2. The monoisotopic (exact) mass is 533 g/mol. The second-order valence-electron chi connectivity index (χ2n) is 8.99. The number of nitriles is 1. The molecule has 0 spiro atoms. The van der Waals surface area contributed by atoms with Gasteiger partial charge >= 0.3 is 0 Å². The fraction of sp³-hybridized carbons (Fsp3) is 0.222. The van der Waals surface area contributed by atoms with Gasteiger partial charge in [0.25, 0.3) is 0 Å². The Hall–Kier alpha value is -4.27. The summed E-state index contributed by atoms with van der Waals surface area (Å²) in [5, 5.41) is 12.5. The molecular weight excluding hydrogens is 509 g/mol. The summed E-state index contributed by atoms with van der Waals surface area (Å²) in [5.74, 6) is -1.50. The first-order valence-corrected chi connectivity index (χ1v) is 13.5. The third-order valence-corrected chi connectivity index (χ3v) is 8.34. The average molecular weight is 534 g/mol. The van der Waals surface area contributed by atoms with Crippen LogP contribution in [0.3, 0.4) is 0 Å². The number of halogens is 1. The lowest BCUT2D eigenvalue weighted by molar-refractivity contribution is -0.123. The number of benzene rings is 2. The fourth-order valence-electron chi connectivity index (χ4n) is 4.75. The molecule has 0 bridgehead atoms. The summed E-state index contributed by atoms with van der Waals surface area (Å²) in [6.07, 6.45) is 2.72. The Labute approximate surface area is 218 Å². The van der Waals surface area contributed by atoms with Gasteiger partial charge in [0, 0.05) is 31.2 Å². The maximum Gasteiger partial charge on any atom is 0.238 e. The molecule has 4 aromatic rings. The Morgan fingerprint density at radius 1 is 1.26 bits per heavy atom. The van der Waals surface area contributed by atoms with Crippen molar-refractivity contribution in [1.82, 2.24) is 19.6 Å². The van der Waals surface area contributed by atoms with Gasteiger partial charge in [0.2, 0.25) is 15.9 Å². The Morgan fingerprint density at radius 3 is 2.87 bits per heavy atom. The molecule has 9 nitrogen and oxygen atoms in total. The number of amides is 1. The number of rotatable bonds is 7. The van der Waals surface area contributed by atoms with Gasteiger partial charge in [-0.25, -0.2) is 17.8 Å². The largest absolute Gasteiger partial charge is 0.486 e. The number of pyridine rings is 1. The highest BCUT2D eigenvalue weighted by atomic mass is 32.2. The Balaban J connectivity index is 1.37. The molecule has 1 fully saturated rings. The van der Waals surface area contributed by atoms with E-state index in [9.17, 15) is 13.2 Å². The number of likely N-dealkylation sites (N-methyl/N-ethyl adjacent to an activating group) is 1. The van der Waals surface area contributed by atoms with E-state index in [1.165, 1.54) is 25.2 Å². The number of hydrogen-bond acceptors (Lipinski definition) is 6. The zero-order chi connectivity index (χ0) is 26.9. The zero-order valence-corrected chi connectivity index (χ0v) is 21.2. The van der Waals surface area contributed by atoms with Gasteiger partial charge < -0.3 is 15.0 Å². The molecule has 0 saturated carbocycles. The molecule has 2 N–H and O–H groups in total. The van der Waals surface area contributed by atoms with Gasteiger partial charge in [-0.3, -0.25) is 4.79 Å². The molecule has 3 heterocycles. The summed E-state index contributed by atoms with van der Waals surface area (Å²) in [7, 11) is -2.53. The Morgan fingerprint density at radius 2 is 2.11 bits per heavy atom. The van der Waals surface area contributed by atoms with Crippen LogP contribution in [0.5, 0.6) is 5.75 Å². The van der Waals surface area contributed by atoms with Crippen LogP contribution in [-0.4, -0.2) is 54.3 Å². The molecule has 0 unspecified atom stereocenters.